The molecule has 0 spiro atoms. The minimum Gasteiger partial charge on any atom is -0.497 e. The summed E-state index contributed by atoms with van der Waals surface area (Å²) in [6.07, 6.45) is 2.02. The Bertz CT molecular complexity index is 1080. The average Bonchev–Trinajstić information content (AvgIpc) is 3.25. The van der Waals surface area contributed by atoms with Crippen LogP contribution in [0, 0.1) is 0 Å². The smallest absolute Gasteiger partial charge is 0.240 e. The van der Waals surface area contributed by atoms with E-state index in [0.717, 1.165) is 35.5 Å². The summed E-state index contributed by atoms with van der Waals surface area (Å²) in [6, 6.07) is 16.5. The molecule has 34 heavy (non-hydrogen) atoms. The van der Waals surface area contributed by atoms with Crippen LogP contribution in [0.4, 0.5) is 0 Å². The summed E-state index contributed by atoms with van der Waals surface area (Å²) in [5.74, 6) is 0.858. The van der Waals surface area contributed by atoms with Crippen molar-refractivity contribution in [1.82, 2.24) is 19.7 Å². The van der Waals surface area contributed by atoms with Crippen LogP contribution in [0.3, 0.4) is 0 Å². The molecule has 0 saturated carbocycles. The Balaban J connectivity index is 0.000000337. The van der Waals surface area contributed by atoms with E-state index in [1.165, 1.54) is 0 Å². The molecule has 0 atom stereocenters. The largest absolute Gasteiger partial charge is 0.497 e. The molecule has 0 aliphatic heterocycles. The van der Waals surface area contributed by atoms with Gasteiger partial charge in [0.2, 0.25) is 10.0 Å². The van der Waals surface area contributed by atoms with Gasteiger partial charge in [-0.2, -0.15) is 15.0 Å². The van der Waals surface area contributed by atoms with Crippen molar-refractivity contribution < 1.29 is 13.2 Å². The maximum atomic E-state index is 11.5. The number of hydrogen-bond acceptors (Lipinski definition) is 5. The van der Waals surface area contributed by atoms with Gasteiger partial charge in [0.1, 0.15) is 11.4 Å². The molecular weight excluding hydrogens is 448 g/mol. The van der Waals surface area contributed by atoms with Gasteiger partial charge >= 0.3 is 0 Å². The van der Waals surface area contributed by atoms with Crippen LogP contribution in [-0.4, -0.2) is 36.6 Å². The van der Waals surface area contributed by atoms with Gasteiger partial charge in [0.15, 0.2) is 0 Å². The Morgan fingerprint density at radius 1 is 0.971 bits per heavy atom. The monoisotopic (exact) mass is 486 g/mol. The Morgan fingerprint density at radius 3 is 2.03 bits per heavy atom. The molecule has 0 saturated heterocycles. The van der Waals surface area contributed by atoms with Crippen LogP contribution < -0.4 is 9.46 Å². The Kier molecular flexibility index (Phi) is 12.2. The third-order valence-corrected chi connectivity index (χ3v) is 6.13. The molecule has 7 nitrogen and oxygen atoms in total. The van der Waals surface area contributed by atoms with Gasteiger partial charge in [0.25, 0.3) is 0 Å². The topological polar surface area (TPSA) is 86.1 Å². The van der Waals surface area contributed by atoms with Crippen molar-refractivity contribution in [1.29, 1.82) is 0 Å². The molecule has 0 aliphatic carbocycles. The van der Waals surface area contributed by atoms with E-state index in [9.17, 15) is 8.42 Å². The maximum Gasteiger partial charge on any atom is 0.240 e. The predicted molar refractivity (Wildman–Crippen MR) is 140 cm³/mol. The van der Waals surface area contributed by atoms with Gasteiger partial charge in [-0.3, -0.25) is 0 Å². The van der Waals surface area contributed by atoms with Crippen molar-refractivity contribution in [2.24, 2.45) is 0 Å². The van der Waals surface area contributed by atoms with Gasteiger partial charge in [-0.05, 0) is 70.5 Å². The fraction of sp³-hybridized carbons (Fsp3) is 0.385. The molecule has 1 N–H and O–H groups in total. The number of nitrogens with one attached hydrogen (secondary N) is 1. The van der Waals surface area contributed by atoms with Crippen LogP contribution >= 0.6 is 0 Å². The fourth-order valence-corrected chi connectivity index (χ4v) is 4.21. The van der Waals surface area contributed by atoms with Gasteiger partial charge in [-0.25, -0.2) is 13.1 Å². The standard InChI is InChI=1S/C15H21N3O.C9H13NO2S.C2H4/c1-5-6-14-15(17-18(16-14)11(2)3)12-7-9-13(19-4)10-8-12;1-8(2)10-13(11,12)9-6-4-3-5-7-9;1-2/h7-11H,5-6H2,1-4H3;3-8,10H,1-2H3;1-2H2. The highest BCUT2D eigenvalue weighted by Gasteiger charge is 2.14. The second kappa shape index (κ2) is 14.3. The average molecular weight is 487 g/mol. The van der Waals surface area contributed by atoms with Gasteiger partial charge in [-0.1, -0.05) is 31.5 Å². The Hall–Kier alpha value is -2.97. The van der Waals surface area contributed by atoms with Crippen molar-refractivity contribution in [3.63, 3.8) is 0 Å². The van der Waals surface area contributed by atoms with Crippen LogP contribution in [0.1, 0.15) is 52.8 Å². The van der Waals surface area contributed by atoms with Gasteiger partial charge in [-0.15, -0.1) is 13.2 Å². The number of aryl methyl sites for hydroxylation is 1. The number of nitrogens with zero attached hydrogens (tertiary/aromatic N) is 3. The van der Waals surface area contributed by atoms with Gasteiger partial charge in [0.05, 0.1) is 23.7 Å². The van der Waals surface area contributed by atoms with Crippen molar-refractivity contribution >= 4 is 10.0 Å². The molecule has 3 rings (SSSR count). The lowest BCUT2D eigenvalue weighted by Crippen LogP contribution is -2.30. The summed E-state index contributed by atoms with van der Waals surface area (Å²) < 4.78 is 30.8. The third-order valence-electron chi connectivity index (χ3n) is 4.46. The third kappa shape index (κ3) is 8.76. The van der Waals surface area contributed by atoms with E-state index in [1.54, 1.807) is 56.1 Å². The highest BCUT2D eigenvalue weighted by Crippen LogP contribution is 2.24. The van der Waals surface area contributed by atoms with Crippen molar-refractivity contribution in [3.8, 4) is 17.0 Å². The number of sulfonamides is 1. The number of aromatic nitrogens is 3. The zero-order chi connectivity index (χ0) is 25.7. The van der Waals surface area contributed by atoms with E-state index < -0.39 is 10.0 Å². The molecule has 1 aromatic heterocycles. The number of hydrogen-bond donors (Lipinski definition) is 1. The quantitative estimate of drug-likeness (QED) is 0.415. The van der Waals surface area contributed by atoms with Crippen LogP contribution in [-0.2, 0) is 16.4 Å². The zero-order valence-electron chi connectivity index (χ0n) is 21.2. The minimum atomic E-state index is -3.31. The van der Waals surface area contributed by atoms with Crippen molar-refractivity contribution in [2.45, 2.75) is 64.4 Å². The predicted octanol–water partition coefficient (Wildman–Crippen LogP) is 5.66. The number of rotatable bonds is 8. The van der Waals surface area contributed by atoms with E-state index in [-0.39, 0.29) is 12.1 Å². The highest BCUT2D eigenvalue weighted by atomic mass is 32.2. The summed E-state index contributed by atoms with van der Waals surface area (Å²) in [7, 11) is -1.64. The normalized spacial score (nSPS) is 10.8. The Morgan fingerprint density at radius 2 is 1.56 bits per heavy atom. The minimum absolute atomic E-state index is 0.0785. The molecule has 1 heterocycles. The molecule has 0 aliphatic rings. The number of benzene rings is 2. The lowest BCUT2D eigenvalue weighted by molar-refractivity contribution is 0.415. The number of ether oxygens (including phenoxy) is 1. The molecule has 0 bridgehead atoms. The summed E-state index contributed by atoms with van der Waals surface area (Å²) >= 11 is 0. The van der Waals surface area contributed by atoms with Crippen molar-refractivity contribution in [2.75, 3.05) is 7.11 Å². The van der Waals surface area contributed by atoms with Gasteiger partial charge < -0.3 is 4.74 Å². The van der Waals surface area contributed by atoms with E-state index in [4.69, 9.17) is 4.74 Å². The summed E-state index contributed by atoms with van der Waals surface area (Å²) in [6.45, 7) is 15.9. The first kappa shape index (κ1) is 29.1. The van der Waals surface area contributed by atoms with Gasteiger partial charge in [0, 0.05) is 11.6 Å². The first-order valence-electron chi connectivity index (χ1n) is 11.4. The second-order valence-electron chi connectivity index (χ2n) is 7.98. The van der Waals surface area contributed by atoms with E-state index in [1.807, 2.05) is 24.3 Å². The molecule has 8 heteroatoms. The van der Waals surface area contributed by atoms with E-state index in [0.29, 0.717) is 4.90 Å². The molecular formula is C26H38N4O3S. The maximum absolute atomic E-state index is 11.5. The van der Waals surface area contributed by atoms with Crippen LogP contribution in [0.15, 0.2) is 72.7 Å². The first-order valence-corrected chi connectivity index (χ1v) is 12.8. The summed E-state index contributed by atoms with van der Waals surface area (Å²) in [4.78, 5) is 2.11. The summed E-state index contributed by atoms with van der Waals surface area (Å²) in [5.41, 5.74) is 3.15. The molecule has 0 radical (unpaired) electrons. The Labute approximate surface area is 204 Å². The molecule has 0 amide bonds. The highest BCUT2D eigenvalue weighted by molar-refractivity contribution is 7.89. The molecule has 0 unspecified atom stereocenters. The lowest BCUT2D eigenvalue weighted by Gasteiger charge is -2.08. The lowest BCUT2D eigenvalue weighted by atomic mass is 10.1. The SMILES string of the molecule is C=C.CC(C)NS(=O)(=O)c1ccccc1.CCCc1nn(C(C)C)nc1-c1ccc(OC)cc1. The fourth-order valence-electron chi connectivity index (χ4n) is 2.94. The van der Waals surface area contributed by atoms with Crippen molar-refractivity contribution in [3.05, 3.63) is 73.4 Å². The van der Waals surface area contributed by atoms with Crippen LogP contribution in [0.5, 0.6) is 5.75 Å². The first-order chi connectivity index (χ1) is 16.2. The molecule has 186 valence electrons. The molecule has 0 fully saturated rings. The summed E-state index contributed by atoms with van der Waals surface area (Å²) in [5, 5.41) is 9.21. The van der Waals surface area contributed by atoms with Crippen LogP contribution in [0.25, 0.3) is 11.3 Å². The second-order valence-corrected chi connectivity index (χ2v) is 9.69. The zero-order valence-corrected chi connectivity index (χ0v) is 22.0. The van der Waals surface area contributed by atoms with E-state index >= 15 is 0 Å². The number of methoxy groups -OCH3 is 1. The van der Waals surface area contributed by atoms with E-state index in [2.05, 4.69) is 48.8 Å². The van der Waals surface area contributed by atoms with Crippen LogP contribution in [0.2, 0.25) is 0 Å². The molecule has 2 aromatic carbocycles. The molecule has 3 aromatic rings.